The summed E-state index contributed by atoms with van der Waals surface area (Å²) in [5.41, 5.74) is 1.27. The van der Waals surface area contributed by atoms with E-state index < -0.39 is 0 Å². The Balaban J connectivity index is 2.00. The minimum absolute atomic E-state index is 0.165. The first-order chi connectivity index (χ1) is 6.79. The van der Waals surface area contributed by atoms with E-state index in [9.17, 15) is 0 Å². The van der Waals surface area contributed by atoms with Gasteiger partial charge in [0.1, 0.15) is 0 Å². The van der Waals surface area contributed by atoms with E-state index in [4.69, 9.17) is 14.2 Å². The predicted molar refractivity (Wildman–Crippen MR) is 55.1 cm³/mol. The molecule has 3 heteroatoms. The molecule has 0 spiro atoms. The summed E-state index contributed by atoms with van der Waals surface area (Å²) in [6.07, 6.45) is 5.70. The highest BCUT2D eigenvalue weighted by molar-refractivity contribution is 4.93. The summed E-state index contributed by atoms with van der Waals surface area (Å²) in [6.45, 7) is 6.76. The summed E-state index contributed by atoms with van der Waals surface area (Å²) in [7, 11) is 0. The molecule has 0 aliphatic carbocycles. The molecule has 1 heterocycles. The molecule has 1 aliphatic heterocycles. The molecule has 3 nitrogen and oxygen atoms in total. The zero-order valence-electron chi connectivity index (χ0n) is 8.86. The summed E-state index contributed by atoms with van der Waals surface area (Å²) in [6, 6.07) is 0. The lowest BCUT2D eigenvalue weighted by Gasteiger charge is -2.01. The first-order valence-electron chi connectivity index (χ1n) is 4.90. The minimum atomic E-state index is -0.165. The Kier molecular flexibility index (Phi) is 5.52. The molecule has 0 amide bonds. The fourth-order valence-corrected chi connectivity index (χ4v) is 1.02. The lowest BCUT2D eigenvalue weighted by atomic mass is 10.3. The average Bonchev–Trinajstić information content (AvgIpc) is 2.63. The van der Waals surface area contributed by atoms with Gasteiger partial charge in [-0.25, -0.2) is 0 Å². The van der Waals surface area contributed by atoms with E-state index in [1.807, 2.05) is 12.2 Å². The predicted octanol–water partition coefficient (Wildman–Crippen LogP) is 1.90. The minimum Gasteiger partial charge on any atom is -0.373 e. The van der Waals surface area contributed by atoms with Crippen LogP contribution < -0.4 is 0 Å². The van der Waals surface area contributed by atoms with E-state index >= 15 is 0 Å². The van der Waals surface area contributed by atoms with Crippen LogP contribution in [0.25, 0.3) is 0 Å². The maximum absolute atomic E-state index is 5.33. The Morgan fingerprint density at radius 3 is 2.64 bits per heavy atom. The number of hydrogen-bond acceptors (Lipinski definition) is 3. The number of allylic oxidation sites excluding steroid dienone is 1. The standard InChI is InChI=1S/C11H18O3/c1-10(2)5-7-12-6-3-4-11-13-8-9-14-11/h3-5,11H,6-9H2,1-2H3. The largest absolute Gasteiger partial charge is 0.373 e. The van der Waals surface area contributed by atoms with Crippen LogP contribution in [0.15, 0.2) is 23.8 Å². The molecule has 0 atom stereocenters. The second-order valence-electron chi connectivity index (χ2n) is 3.36. The summed E-state index contributed by atoms with van der Waals surface area (Å²) in [4.78, 5) is 0. The van der Waals surface area contributed by atoms with Gasteiger partial charge >= 0.3 is 0 Å². The monoisotopic (exact) mass is 198 g/mol. The van der Waals surface area contributed by atoms with E-state index in [0.717, 1.165) is 0 Å². The Morgan fingerprint density at radius 2 is 2.00 bits per heavy atom. The van der Waals surface area contributed by atoms with Gasteiger partial charge in [0.15, 0.2) is 6.29 Å². The van der Waals surface area contributed by atoms with Crippen LogP contribution in [0.2, 0.25) is 0 Å². The van der Waals surface area contributed by atoms with Crippen molar-refractivity contribution in [1.82, 2.24) is 0 Å². The molecule has 0 aromatic rings. The van der Waals surface area contributed by atoms with Gasteiger partial charge in [-0.1, -0.05) is 17.7 Å². The molecular weight excluding hydrogens is 180 g/mol. The third-order valence-electron chi connectivity index (χ3n) is 1.76. The fraction of sp³-hybridized carbons (Fsp3) is 0.636. The van der Waals surface area contributed by atoms with E-state index in [1.54, 1.807) is 0 Å². The molecule has 0 aromatic carbocycles. The fourth-order valence-electron chi connectivity index (χ4n) is 1.02. The van der Waals surface area contributed by atoms with Crippen molar-refractivity contribution in [2.75, 3.05) is 26.4 Å². The van der Waals surface area contributed by atoms with Crippen molar-refractivity contribution >= 4 is 0 Å². The molecule has 0 saturated carbocycles. The van der Waals surface area contributed by atoms with Gasteiger partial charge in [-0.2, -0.15) is 0 Å². The molecule has 0 radical (unpaired) electrons. The molecular formula is C11H18O3. The van der Waals surface area contributed by atoms with Gasteiger partial charge in [0, 0.05) is 0 Å². The van der Waals surface area contributed by atoms with Crippen LogP contribution >= 0.6 is 0 Å². The van der Waals surface area contributed by atoms with Crippen LogP contribution in [0.4, 0.5) is 0 Å². The number of ether oxygens (including phenoxy) is 3. The van der Waals surface area contributed by atoms with Crippen molar-refractivity contribution in [3.05, 3.63) is 23.8 Å². The SMILES string of the molecule is CC(C)=CCOCC=CC1OCCO1. The van der Waals surface area contributed by atoms with Crippen molar-refractivity contribution < 1.29 is 14.2 Å². The van der Waals surface area contributed by atoms with Crippen LogP contribution in [0, 0.1) is 0 Å². The van der Waals surface area contributed by atoms with Crippen LogP contribution in [0.1, 0.15) is 13.8 Å². The maximum atomic E-state index is 5.33. The summed E-state index contributed by atoms with van der Waals surface area (Å²) >= 11 is 0. The molecule has 1 saturated heterocycles. The van der Waals surface area contributed by atoms with Crippen molar-refractivity contribution in [2.24, 2.45) is 0 Å². The highest BCUT2D eigenvalue weighted by atomic mass is 16.7. The lowest BCUT2D eigenvalue weighted by Crippen LogP contribution is -2.02. The van der Waals surface area contributed by atoms with Gasteiger partial charge in [-0.05, 0) is 19.9 Å². The number of hydrogen-bond donors (Lipinski definition) is 0. The molecule has 0 N–H and O–H groups in total. The zero-order valence-corrected chi connectivity index (χ0v) is 8.86. The van der Waals surface area contributed by atoms with E-state index in [1.165, 1.54) is 5.57 Å². The van der Waals surface area contributed by atoms with E-state index in [-0.39, 0.29) is 6.29 Å². The summed E-state index contributed by atoms with van der Waals surface area (Å²) < 4.78 is 15.8. The van der Waals surface area contributed by atoms with Gasteiger partial charge in [0.2, 0.25) is 0 Å². The Bertz CT molecular complexity index is 199. The molecule has 0 unspecified atom stereocenters. The van der Waals surface area contributed by atoms with Gasteiger partial charge < -0.3 is 14.2 Å². The van der Waals surface area contributed by atoms with Gasteiger partial charge in [0.25, 0.3) is 0 Å². The van der Waals surface area contributed by atoms with Crippen molar-refractivity contribution in [2.45, 2.75) is 20.1 Å². The smallest absolute Gasteiger partial charge is 0.177 e. The van der Waals surface area contributed by atoms with Gasteiger partial charge in [0.05, 0.1) is 26.4 Å². The lowest BCUT2D eigenvalue weighted by molar-refractivity contribution is -0.00210. The quantitative estimate of drug-likeness (QED) is 0.499. The Labute approximate surface area is 85.3 Å². The van der Waals surface area contributed by atoms with Gasteiger partial charge in [-0.15, -0.1) is 0 Å². The highest BCUT2D eigenvalue weighted by Gasteiger charge is 2.10. The first kappa shape index (κ1) is 11.4. The normalized spacial score (nSPS) is 17.9. The molecule has 0 aromatic heterocycles. The van der Waals surface area contributed by atoms with Crippen molar-refractivity contribution in [1.29, 1.82) is 0 Å². The second-order valence-corrected chi connectivity index (χ2v) is 3.36. The van der Waals surface area contributed by atoms with E-state index in [2.05, 4.69) is 19.9 Å². The molecule has 1 rings (SSSR count). The molecule has 14 heavy (non-hydrogen) atoms. The molecule has 1 fully saturated rings. The van der Waals surface area contributed by atoms with Crippen LogP contribution in [0.3, 0.4) is 0 Å². The van der Waals surface area contributed by atoms with Crippen LogP contribution in [-0.4, -0.2) is 32.7 Å². The first-order valence-corrected chi connectivity index (χ1v) is 4.90. The Hall–Kier alpha value is -0.640. The molecule has 0 bridgehead atoms. The van der Waals surface area contributed by atoms with E-state index in [0.29, 0.717) is 26.4 Å². The van der Waals surface area contributed by atoms with Crippen molar-refractivity contribution in [3.8, 4) is 0 Å². The average molecular weight is 198 g/mol. The molecule has 1 aliphatic rings. The number of rotatable bonds is 5. The van der Waals surface area contributed by atoms with Crippen molar-refractivity contribution in [3.63, 3.8) is 0 Å². The Morgan fingerprint density at radius 1 is 1.29 bits per heavy atom. The van der Waals surface area contributed by atoms with Gasteiger partial charge in [-0.3, -0.25) is 0 Å². The maximum Gasteiger partial charge on any atom is 0.177 e. The molecule has 80 valence electrons. The third-order valence-corrected chi connectivity index (χ3v) is 1.76. The summed E-state index contributed by atoms with van der Waals surface area (Å²) in [5.74, 6) is 0. The van der Waals surface area contributed by atoms with Crippen LogP contribution in [0.5, 0.6) is 0 Å². The summed E-state index contributed by atoms with van der Waals surface area (Å²) in [5, 5.41) is 0. The van der Waals surface area contributed by atoms with Crippen LogP contribution in [-0.2, 0) is 14.2 Å². The second kappa shape index (κ2) is 6.76. The third kappa shape index (κ3) is 5.17. The highest BCUT2D eigenvalue weighted by Crippen LogP contribution is 2.04. The zero-order chi connectivity index (χ0) is 10.2. The topological polar surface area (TPSA) is 27.7 Å².